The molecule has 0 aliphatic carbocycles. The zero-order chi connectivity index (χ0) is 10.3. The monoisotopic (exact) mass is 202 g/mol. The van der Waals surface area contributed by atoms with E-state index in [1.807, 2.05) is 18.6 Å². The van der Waals surface area contributed by atoms with E-state index in [0.29, 0.717) is 0 Å². The van der Waals surface area contributed by atoms with Gasteiger partial charge in [0, 0.05) is 29.9 Å². The van der Waals surface area contributed by atoms with Gasteiger partial charge in [-0.3, -0.25) is 0 Å². The van der Waals surface area contributed by atoms with Crippen molar-refractivity contribution in [1.82, 2.24) is 4.90 Å². The van der Waals surface area contributed by atoms with Crippen molar-refractivity contribution in [3.63, 3.8) is 0 Å². The van der Waals surface area contributed by atoms with Crippen LogP contribution in [0, 0.1) is 5.82 Å². The smallest absolute Gasteiger partial charge is 0.123 e. The third-order valence-electron chi connectivity index (χ3n) is 2.85. The van der Waals surface area contributed by atoms with E-state index in [1.165, 1.54) is 6.07 Å². The van der Waals surface area contributed by atoms with Crippen LogP contribution in [0.15, 0.2) is 42.9 Å². The Balaban J connectivity index is 2.12. The Kier molecular flexibility index (Phi) is 1.78. The first kappa shape index (κ1) is 8.53. The molecule has 3 rings (SSSR count). The van der Waals surface area contributed by atoms with Gasteiger partial charge >= 0.3 is 0 Å². The molecule has 0 fully saturated rings. The van der Waals surface area contributed by atoms with E-state index in [1.54, 1.807) is 12.1 Å². The highest BCUT2D eigenvalue weighted by Gasteiger charge is 2.23. The molecule has 0 aromatic heterocycles. The van der Waals surface area contributed by atoms with Gasteiger partial charge in [-0.25, -0.2) is 4.39 Å². The minimum absolute atomic E-state index is 0.177. The van der Waals surface area contributed by atoms with Crippen molar-refractivity contribution in [2.24, 2.45) is 0 Å². The lowest BCUT2D eigenvalue weighted by molar-refractivity contribution is 0.409. The number of nitrogens with one attached hydrogen (secondary N) is 1. The van der Waals surface area contributed by atoms with Gasteiger partial charge in [-0.1, -0.05) is 6.08 Å². The first-order valence-corrected chi connectivity index (χ1v) is 5.01. The van der Waals surface area contributed by atoms with Crippen LogP contribution >= 0.6 is 0 Å². The van der Waals surface area contributed by atoms with Crippen molar-refractivity contribution in [3.05, 3.63) is 54.3 Å². The van der Waals surface area contributed by atoms with Gasteiger partial charge in [0.25, 0.3) is 0 Å². The molecule has 0 saturated heterocycles. The van der Waals surface area contributed by atoms with Gasteiger partial charge in [0.15, 0.2) is 0 Å². The maximum absolute atomic E-state index is 13.2. The summed E-state index contributed by atoms with van der Waals surface area (Å²) in [7, 11) is 0. The molecule has 1 aromatic rings. The topological polar surface area (TPSA) is 15.3 Å². The first-order valence-electron chi connectivity index (χ1n) is 5.01. The number of benzene rings is 1. The summed E-state index contributed by atoms with van der Waals surface area (Å²) in [5.74, 6) is -0.177. The second-order valence-corrected chi connectivity index (χ2v) is 3.78. The Morgan fingerprint density at radius 1 is 1.33 bits per heavy atom. The largest absolute Gasteiger partial charge is 0.360 e. The number of hydrogen-bond donors (Lipinski definition) is 1. The molecule has 2 aliphatic rings. The van der Waals surface area contributed by atoms with Gasteiger partial charge in [0.1, 0.15) is 5.82 Å². The van der Waals surface area contributed by atoms with Crippen LogP contribution in [-0.4, -0.2) is 4.90 Å². The maximum atomic E-state index is 13.2. The molecule has 0 saturated carbocycles. The first-order chi connectivity index (χ1) is 7.34. The Labute approximate surface area is 87.7 Å². The van der Waals surface area contributed by atoms with E-state index in [0.717, 1.165) is 17.7 Å². The molecule has 1 N–H and O–H groups in total. The van der Waals surface area contributed by atoms with E-state index in [4.69, 9.17) is 0 Å². The molecule has 0 radical (unpaired) electrons. The van der Waals surface area contributed by atoms with Crippen LogP contribution in [-0.2, 0) is 0 Å². The number of hydrogen-bond acceptors (Lipinski definition) is 2. The lowest BCUT2D eigenvalue weighted by Crippen LogP contribution is -2.12. The highest BCUT2D eigenvalue weighted by atomic mass is 19.1. The van der Waals surface area contributed by atoms with E-state index in [2.05, 4.69) is 16.3 Å². The van der Waals surface area contributed by atoms with Crippen LogP contribution in [0.2, 0.25) is 0 Å². The zero-order valence-electron chi connectivity index (χ0n) is 8.15. The predicted molar refractivity (Wildman–Crippen MR) is 57.5 cm³/mol. The summed E-state index contributed by atoms with van der Waals surface area (Å²) in [6.07, 6.45) is 8.93. The highest BCUT2D eigenvalue weighted by molar-refractivity contribution is 5.56. The maximum Gasteiger partial charge on any atom is 0.123 e. The number of halogens is 1. The van der Waals surface area contributed by atoms with Crippen molar-refractivity contribution in [2.75, 3.05) is 5.32 Å². The van der Waals surface area contributed by atoms with Gasteiger partial charge in [0.2, 0.25) is 0 Å². The summed E-state index contributed by atoms with van der Waals surface area (Å²) >= 11 is 0. The number of nitrogens with zero attached hydrogens (tertiary/aromatic N) is 1. The second kappa shape index (κ2) is 3.12. The third kappa shape index (κ3) is 1.31. The number of anilines is 1. The van der Waals surface area contributed by atoms with Crippen LogP contribution < -0.4 is 5.32 Å². The molecule has 2 aliphatic heterocycles. The number of fused-ring (bicyclic) bond motifs is 3. The van der Waals surface area contributed by atoms with Crippen LogP contribution in [0.4, 0.5) is 10.1 Å². The van der Waals surface area contributed by atoms with Gasteiger partial charge in [-0.2, -0.15) is 0 Å². The van der Waals surface area contributed by atoms with Crippen molar-refractivity contribution in [2.45, 2.75) is 12.5 Å². The van der Waals surface area contributed by atoms with Crippen LogP contribution in [0.5, 0.6) is 0 Å². The summed E-state index contributed by atoms with van der Waals surface area (Å²) in [5, 5.41) is 3.16. The summed E-state index contributed by atoms with van der Waals surface area (Å²) < 4.78 is 13.2. The summed E-state index contributed by atoms with van der Waals surface area (Å²) in [5.41, 5.74) is 2.01. The highest BCUT2D eigenvalue weighted by Crippen LogP contribution is 2.36. The van der Waals surface area contributed by atoms with Crippen molar-refractivity contribution < 1.29 is 4.39 Å². The van der Waals surface area contributed by atoms with E-state index >= 15 is 0 Å². The molecule has 2 nitrogen and oxygen atoms in total. The Morgan fingerprint density at radius 3 is 3.20 bits per heavy atom. The minimum atomic E-state index is -0.177. The lowest BCUT2D eigenvalue weighted by atomic mass is 10.0. The summed E-state index contributed by atoms with van der Waals surface area (Å²) in [6, 6.07) is 5.12. The summed E-state index contributed by atoms with van der Waals surface area (Å²) in [4.78, 5) is 2.10. The average Bonchev–Trinajstić information content (AvgIpc) is 2.62. The fraction of sp³-hybridized carbons (Fsp3) is 0.167. The number of rotatable bonds is 0. The second-order valence-electron chi connectivity index (χ2n) is 3.78. The standard InChI is InChI=1S/C12H11FN2/c13-9-3-4-11-10(8-9)12-2-1-6-15(12)7-5-14-11/h1,3-8,12,14H,2H2. The average molecular weight is 202 g/mol. The molecular weight excluding hydrogens is 191 g/mol. The van der Waals surface area contributed by atoms with Crippen LogP contribution in [0.3, 0.4) is 0 Å². The predicted octanol–water partition coefficient (Wildman–Crippen LogP) is 2.98. The molecule has 1 unspecified atom stereocenters. The minimum Gasteiger partial charge on any atom is -0.360 e. The molecule has 1 aromatic carbocycles. The molecular formula is C12H11FN2. The molecule has 15 heavy (non-hydrogen) atoms. The Hall–Kier alpha value is -1.77. The molecule has 2 heterocycles. The van der Waals surface area contributed by atoms with Crippen molar-refractivity contribution in [1.29, 1.82) is 0 Å². The molecule has 1 atom stereocenters. The molecule has 3 heteroatoms. The fourth-order valence-electron chi connectivity index (χ4n) is 2.13. The fourth-order valence-corrected chi connectivity index (χ4v) is 2.13. The van der Waals surface area contributed by atoms with Crippen molar-refractivity contribution in [3.8, 4) is 0 Å². The third-order valence-corrected chi connectivity index (χ3v) is 2.85. The normalized spacial score (nSPS) is 21.9. The van der Waals surface area contributed by atoms with Gasteiger partial charge in [-0.05, 0) is 24.6 Å². The van der Waals surface area contributed by atoms with E-state index in [-0.39, 0.29) is 11.9 Å². The van der Waals surface area contributed by atoms with Crippen LogP contribution in [0.1, 0.15) is 18.0 Å². The molecule has 0 bridgehead atoms. The summed E-state index contributed by atoms with van der Waals surface area (Å²) in [6.45, 7) is 0. The van der Waals surface area contributed by atoms with E-state index < -0.39 is 0 Å². The molecule has 0 spiro atoms. The quantitative estimate of drug-likeness (QED) is 0.695. The SMILES string of the molecule is Fc1ccc2c(c1)C1CC=CN1C=CN2. The lowest BCUT2D eigenvalue weighted by Gasteiger charge is -2.21. The van der Waals surface area contributed by atoms with E-state index in [9.17, 15) is 4.39 Å². The molecule has 76 valence electrons. The van der Waals surface area contributed by atoms with Gasteiger partial charge in [0.05, 0.1) is 6.04 Å². The zero-order valence-corrected chi connectivity index (χ0v) is 8.15. The Bertz CT molecular complexity index is 451. The van der Waals surface area contributed by atoms with Gasteiger partial charge in [-0.15, -0.1) is 0 Å². The van der Waals surface area contributed by atoms with Crippen LogP contribution in [0.25, 0.3) is 0 Å². The van der Waals surface area contributed by atoms with Crippen molar-refractivity contribution >= 4 is 5.69 Å². The molecule has 0 amide bonds. The van der Waals surface area contributed by atoms with Gasteiger partial charge < -0.3 is 10.2 Å². The Morgan fingerprint density at radius 2 is 2.27 bits per heavy atom.